The van der Waals surface area contributed by atoms with Crippen LogP contribution in [0, 0.1) is 6.92 Å². The Hall–Kier alpha value is -4.62. The molecule has 0 unspecified atom stereocenters. The number of para-hydroxylation sites is 1. The lowest BCUT2D eigenvalue weighted by molar-refractivity contribution is -0.136. The molecule has 37 heavy (non-hydrogen) atoms. The van der Waals surface area contributed by atoms with E-state index in [0.717, 1.165) is 5.56 Å². The second kappa shape index (κ2) is 9.79. The monoisotopic (exact) mass is 506 g/mol. The quantitative estimate of drug-likeness (QED) is 0.261. The molecule has 0 aromatic heterocycles. The van der Waals surface area contributed by atoms with Crippen LogP contribution in [0.5, 0.6) is 0 Å². The lowest BCUT2D eigenvalue weighted by Crippen LogP contribution is -2.34. The first-order chi connectivity index (χ1) is 17.9. The van der Waals surface area contributed by atoms with E-state index in [1.165, 1.54) is 12.1 Å². The molecule has 0 fully saturated rings. The number of benzene rings is 4. The van der Waals surface area contributed by atoms with E-state index < -0.39 is 21.7 Å². The van der Waals surface area contributed by atoms with E-state index >= 15 is 0 Å². The number of aryl methyl sites for hydroxylation is 1. The number of nitrogens with zero attached hydrogens (tertiary/aromatic N) is 2. The fourth-order valence-corrected chi connectivity index (χ4v) is 5.55. The molecular weight excluding hydrogens is 484 g/mol. The number of rotatable bonds is 6. The molecule has 1 aliphatic rings. The topological polar surface area (TPSA) is 83.9 Å². The van der Waals surface area contributed by atoms with Crippen molar-refractivity contribution in [2.75, 3.05) is 0 Å². The van der Waals surface area contributed by atoms with Crippen molar-refractivity contribution < 1.29 is 18.0 Å². The summed E-state index contributed by atoms with van der Waals surface area (Å²) in [5.74, 6) is -2.08. The Morgan fingerprint density at radius 3 is 1.84 bits per heavy atom. The third-order valence-corrected chi connectivity index (χ3v) is 7.63. The molecular formula is C30H22N2O4S. The fraction of sp³-hybridized carbons (Fsp3) is 0.0333. The lowest BCUT2D eigenvalue weighted by atomic mass is 9.96. The van der Waals surface area contributed by atoms with Crippen LogP contribution in [0.15, 0.2) is 131 Å². The molecule has 0 spiro atoms. The average molecular weight is 507 g/mol. The Morgan fingerprint density at radius 2 is 1.24 bits per heavy atom. The zero-order chi connectivity index (χ0) is 26.0. The highest BCUT2D eigenvalue weighted by Crippen LogP contribution is 2.37. The van der Waals surface area contributed by atoms with Gasteiger partial charge >= 0.3 is 5.91 Å². The van der Waals surface area contributed by atoms with Gasteiger partial charge in [-0.05, 0) is 31.2 Å². The maximum absolute atomic E-state index is 13.8. The van der Waals surface area contributed by atoms with Gasteiger partial charge in [0.15, 0.2) is 0 Å². The van der Waals surface area contributed by atoms with Crippen LogP contribution in [0.3, 0.4) is 0 Å². The number of aliphatic imine (C=N–C) groups is 1. The largest absolute Gasteiger partial charge is 0.313 e. The summed E-state index contributed by atoms with van der Waals surface area (Å²) >= 11 is 0. The number of ketones is 1. The predicted octanol–water partition coefficient (Wildman–Crippen LogP) is 5.33. The summed E-state index contributed by atoms with van der Waals surface area (Å²) in [5, 5.41) is 0. The number of amides is 1. The van der Waals surface area contributed by atoms with Crippen LogP contribution in [-0.2, 0) is 19.6 Å². The predicted molar refractivity (Wildman–Crippen MR) is 143 cm³/mol. The van der Waals surface area contributed by atoms with E-state index in [1.807, 2.05) is 31.2 Å². The summed E-state index contributed by atoms with van der Waals surface area (Å²) in [6.07, 6.45) is 0. The normalized spacial score (nSPS) is 14.4. The van der Waals surface area contributed by atoms with Gasteiger partial charge < -0.3 is 0 Å². The Morgan fingerprint density at radius 1 is 0.703 bits per heavy atom. The molecule has 0 saturated heterocycles. The summed E-state index contributed by atoms with van der Waals surface area (Å²) < 4.78 is 28.3. The maximum Gasteiger partial charge on any atom is 0.313 e. The van der Waals surface area contributed by atoms with Crippen molar-refractivity contribution >= 4 is 38.8 Å². The molecule has 1 aliphatic heterocycles. The third kappa shape index (κ3) is 4.52. The first-order valence-electron chi connectivity index (χ1n) is 11.6. The minimum absolute atomic E-state index is 0.0188. The highest BCUT2D eigenvalue weighted by molar-refractivity contribution is 7.90. The van der Waals surface area contributed by atoms with Gasteiger partial charge in [0.2, 0.25) is 0 Å². The summed E-state index contributed by atoms with van der Waals surface area (Å²) in [7, 11) is -4.41. The van der Waals surface area contributed by atoms with Crippen molar-refractivity contribution in [3.8, 4) is 0 Å². The molecule has 0 aliphatic carbocycles. The molecule has 7 heteroatoms. The molecule has 4 aromatic carbocycles. The first-order valence-corrected chi connectivity index (χ1v) is 13.0. The number of carbonyl (C=O) groups excluding carboxylic acids is 2. The minimum Gasteiger partial charge on any atom is -0.283 e. The Bertz CT molecular complexity index is 1640. The van der Waals surface area contributed by atoms with Gasteiger partial charge in [0.05, 0.1) is 27.6 Å². The zero-order valence-electron chi connectivity index (χ0n) is 19.9. The van der Waals surface area contributed by atoms with Gasteiger partial charge in [0.25, 0.3) is 15.8 Å². The number of Topliss-reactive ketones (excluding diaryl/α,β-unsaturated/α-hetero) is 1. The Kier molecular flexibility index (Phi) is 6.38. The van der Waals surface area contributed by atoms with E-state index in [-0.39, 0.29) is 21.9 Å². The molecule has 5 rings (SSSR count). The summed E-state index contributed by atoms with van der Waals surface area (Å²) in [4.78, 5) is 31.8. The maximum atomic E-state index is 13.8. The first kappa shape index (κ1) is 24.1. The smallest absolute Gasteiger partial charge is 0.283 e. The van der Waals surface area contributed by atoms with Crippen LogP contribution in [-0.4, -0.2) is 30.1 Å². The Balaban J connectivity index is 1.83. The SMILES string of the molecule is Cc1ccc(S(=O)(=O)N2C(=O)C(=O)C(C(=Nc3ccccc3)c3ccccc3)=C2c2ccccc2)cc1. The second-order valence-corrected chi connectivity index (χ2v) is 10.3. The number of hydrogen-bond acceptors (Lipinski definition) is 5. The second-order valence-electron chi connectivity index (χ2n) is 8.47. The van der Waals surface area contributed by atoms with Crippen molar-refractivity contribution in [2.24, 2.45) is 4.99 Å². The summed E-state index contributed by atoms with van der Waals surface area (Å²) in [6.45, 7) is 1.83. The van der Waals surface area contributed by atoms with Crippen molar-refractivity contribution in [1.29, 1.82) is 0 Å². The molecule has 0 atom stereocenters. The average Bonchev–Trinajstić information content (AvgIpc) is 3.20. The van der Waals surface area contributed by atoms with Crippen molar-refractivity contribution in [3.63, 3.8) is 0 Å². The van der Waals surface area contributed by atoms with Gasteiger partial charge in [0.1, 0.15) is 0 Å². The van der Waals surface area contributed by atoms with Crippen molar-refractivity contribution in [2.45, 2.75) is 11.8 Å². The molecule has 4 aromatic rings. The fourth-order valence-electron chi connectivity index (χ4n) is 4.12. The molecule has 6 nitrogen and oxygen atoms in total. The highest BCUT2D eigenvalue weighted by atomic mass is 32.2. The number of sulfonamides is 1. The molecule has 0 radical (unpaired) electrons. The minimum atomic E-state index is -4.41. The zero-order valence-corrected chi connectivity index (χ0v) is 20.7. The standard InChI is InChI=1S/C30H22N2O4S/c1-21-17-19-25(20-18-21)37(35,36)32-28(23-13-7-3-8-14-23)26(29(33)30(32)34)27(22-11-5-2-6-12-22)31-24-15-9-4-10-16-24/h2-20H,1H3. The lowest BCUT2D eigenvalue weighted by Gasteiger charge is -2.20. The molecule has 0 N–H and O–H groups in total. The highest BCUT2D eigenvalue weighted by Gasteiger charge is 2.47. The van der Waals surface area contributed by atoms with Crippen LogP contribution in [0.25, 0.3) is 5.70 Å². The van der Waals surface area contributed by atoms with Gasteiger partial charge in [-0.2, -0.15) is 4.31 Å². The molecule has 1 amide bonds. The van der Waals surface area contributed by atoms with E-state index in [4.69, 9.17) is 4.99 Å². The van der Waals surface area contributed by atoms with Gasteiger partial charge in [0, 0.05) is 11.1 Å². The number of hydrogen-bond donors (Lipinski definition) is 0. The van der Waals surface area contributed by atoms with Gasteiger partial charge in [-0.25, -0.2) is 13.4 Å². The van der Waals surface area contributed by atoms with Gasteiger partial charge in [-0.3, -0.25) is 9.59 Å². The number of carbonyl (C=O) groups is 2. The van der Waals surface area contributed by atoms with Crippen LogP contribution in [0.2, 0.25) is 0 Å². The van der Waals surface area contributed by atoms with Crippen LogP contribution < -0.4 is 0 Å². The molecule has 182 valence electrons. The van der Waals surface area contributed by atoms with Crippen molar-refractivity contribution in [1.82, 2.24) is 4.31 Å². The van der Waals surface area contributed by atoms with E-state index in [0.29, 0.717) is 21.1 Å². The molecule has 0 bridgehead atoms. The van der Waals surface area contributed by atoms with Crippen LogP contribution in [0.4, 0.5) is 5.69 Å². The van der Waals surface area contributed by atoms with Crippen molar-refractivity contribution in [3.05, 3.63) is 138 Å². The van der Waals surface area contributed by atoms with Gasteiger partial charge in [-0.1, -0.05) is 96.6 Å². The Labute approximate surface area is 215 Å². The van der Waals surface area contributed by atoms with Gasteiger partial charge in [-0.15, -0.1) is 0 Å². The van der Waals surface area contributed by atoms with E-state index in [1.54, 1.807) is 78.9 Å². The van der Waals surface area contributed by atoms with E-state index in [9.17, 15) is 18.0 Å². The molecule has 1 heterocycles. The molecule has 0 saturated carbocycles. The summed E-state index contributed by atoms with van der Waals surface area (Å²) in [6, 6.07) is 32.7. The van der Waals surface area contributed by atoms with E-state index in [2.05, 4.69) is 0 Å². The third-order valence-electron chi connectivity index (χ3n) is 5.93. The summed E-state index contributed by atoms with van der Waals surface area (Å²) in [5.41, 5.74) is 2.53. The van der Waals surface area contributed by atoms with Crippen LogP contribution >= 0.6 is 0 Å². The van der Waals surface area contributed by atoms with Crippen LogP contribution in [0.1, 0.15) is 16.7 Å².